The maximum absolute atomic E-state index is 12.9. The number of carbonyl (C=O) groups is 1. The quantitative estimate of drug-likeness (QED) is 0.820. The molecule has 0 spiro atoms. The van der Waals surface area contributed by atoms with Crippen LogP contribution in [0.3, 0.4) is 0 Å². The van der Waals surface area contributed by atoms with Crippen LogP contribution in [0.25, 0.3) is 0 Å². The lowest BCUT2D eigenvalue weighted by Crippen LogP contribution is -2.47. The van der Waals surface area contributed by atoms with Crippen LogP contribution in [0.2, 0.25) is 0 Å². The topological polar surface area (TPSA) is 84.9 Å². The monoisotopic (exact) mass is 390 g/mol. The van der Waals surface area contributed by atoms with Crippen molar-refractivity contribution >= 4 is 27.3 Å². The third kappa shape index (κ3) is 4.16. The van der Waals surface area contributed by atoms with E-state index in [1.54, 1.807) is 43.3 Å². The van der Waals surface area contributed by atoms with Crippen molar-refractivity contribution in [3.05, 3.63) is 48.0 Å². The Kier molecular flexibility index (Phi) is 5.27. The molecule has 1 amide bonds. The van der Waals surface area contributed by atoms with Crippen LogP contribution in [0.5, 0.6) is 11.5 Å². The molecule has 0 saturated heterocycles. The van der Waals surface area contributed by atoms with Crippen molar-refractivity contribution in [3.63, 3.8) is 0 Å². The molecule has 0 radical (unpaired) electrons. The second-order valence-corrected chi connectivity index (χ2v) is 8.24. The Balaban J connectivity index is 1.89. The maximum Gasteiger partial charge on any atom is 0.248 e. The van der Waals surface area contributed by atoms with Crippen molar-refractivity contribution in [1.29, 1.82) is 0 Å². The van der Waals surface area contributed by atoms with E-state index in [9.17, 15) is 13.2 Å². The summed E-state index contributed by atoms with van der Waals surface area (Å²) in [6, 6.07) is 11.2. The number of benzene rings is 2. The summed E-state index contributed by atoms with van der Waals surface area (Å²) in [5.74, 6) is 0.736. The first-order valence-electron chi connectivity index (χ1n) is 8.56. The van der Waals surface area contributed by atoms with Crippen molar-refractivity contribution in [2.75, 3.05) is 22.7 Å². The van der Waals surface area contributed by atoms with E-state index >= 15 is 0 Å². The van der Waals surface area contributed by atoms with E-state index in [0.717, 1.165) is 11.8 Å². The fraction of sp³-hybridized carbons (Fsp3) is 0.316. The van der Waals surface area contributed by atoms with Gasteiger partial charge in [-0.1, -0.05) is 19.1 Å². The summed E-state index contributed by atoms with van der Waals surface area (Å²) < 4.78 is 36.7. The van der Waals surface area contributed by atoms with E-state index in [2.05, 4.69) is 5.32 Å². The van der Waals surface area contributed by atoms with Gasteiger partial charge in [0.15, 0.2) is 11.5 Å². The average molecular weight is 390 g/mol. The number of anilines is 2. The van der Waals surface area contributed by atoms with Crippen LogP contribution < -0.4 is 19.1 Å². The zero-order valence-corrected chi connectivity index (χ0v) is 16.2. The van der Waals surface area contributed by atoms with E-state index < -0.39 is 22.0 Å². The van der Waals surface area contributed by atoms with E-state index in [-0.39, 0.29) is 6.79 Å². The summed E-state index contributed by atoms with van der Waals surface area (Å²) in [4.78, 5) is 12.9. The lowest BCUT2D eigenvalue weighted by atomic mass is 10.1. The molecule has 2 aromatic carbocycles. The molecule has 27 heavy (non-hydrogen) atoms. The van der Waals surface area contributed by atoms with Gasteiger partial charge in [-0.05, 0) is 43.2 Å². The minimum Gasteiger partial charge on any atom is -0.454 e. The van der Waals surface area contributed by atoms with Crippen molar-refractivity contribution in [2.45, 2.75) is 26.3 Å². The summed E-state index contributed by atoms with van der Waals surface area (Å²) in [5, 5.41) is 2.78. The Morgan fingerprint density at radius 1 is 1.19 bits per heavy atom. The molecule has 1 aliphatic rings. The first-order valence-corrected chi connectivity index (χ1v) is 10.4. The molecule has 144 valence electrons. The molecule has 1 atom stereocenters. The van der Waals surface area contributed by atoms with Gasteiger partial charge in [-0.2, -0.15) is 0 Å². The highest BCUT2D eigenvalue weighted by atomic mass is 32.2. The maximum atomic E-state index is 12.9. The van der Waals surface area contributed by atoms with Gasteiger partial charge in [0.25, 0.3) is 0 Å². The molecule has 1 N–H and O–H groups in total. The van der Waals surface area contributed by atoms with Crippen LogP contribution in [-0.4, -0.2) is 33.4 Å². The highest BCUT2D eigenvalue weighted by Gasteiger charge is 2.31. The van der Waals surface area contributed by atoms with E-state index in [1.807, 2.05) is 13.0 Å². The number of sulfonamides is 1. The molecule has 1 aliphatic heterocycles. The number of hydrogen-bond acceptors (Lipinski definition) is 5. The molecule has 0 aliphatic carbocycles. The number of hydrogen-bond donors (Lipinski definition) is 1. The highest BCUT2D eigenvalue weighted by Crippen LogP contribution is 2.34. The van der Waals surface area contributed by atoms with Crippen molar-refractivity contribution in [3.8, 4) is 11.5 Å². The summed E-state index contributed by atoms with van der Waals surface area (Å²) in [6.07, 6.45) is 1.42. The van der Waals surface area contributed by atoms with Gasteiger partial charge in [-0.25, -0.2) is 8.42 Å². The second kappa shape index (κ2) is 7.48. The van der Waals surface area contributed by atoms with Crippen LogP contribution >= 0.6 is 0 Å². The standard InChI is InChI=1S/C19H22N2O5S/c1-4-16(21(27(3,23)24)15-7-5-6-13(2)10-15)19(22)20-14-8-9-17-18(11-14)26-12-25-17/h5-11,16H,4,12H2,1-3H3,(H,20,22). The molecule has 1 heterocycles. The SMILES string of the molecule is CCC(C(=O)Nc1ccc2c(c1)OCO2)N(c1cccc(C)c1)S(C)(=O)=O. The van der Waals surface area contributed by atoms with Gasteiger partial charge in [-0.3, -0.25) is 9.10 Å². The molecule has 0 bridgehead atoms. The van der Waals surface area contributed by atoms with Crippen molar-refractivity contribution < 1.29 is 22.7 Å². The molecule has 3 rings (SSSR count). The lowest BCUT2D eigenvalue weighted by Gasteiger charge is -2.30. The summed E-state index contributed by atoms with van der Waals surface area (Å²) in [7, 11) is -3.67. The van der Waals surface area contributed by atoms with Crippen LogP contribution in [0.15, 0.2) is 42.5 Å². The highest BCUT2D eigenvalue weighted by molar-refractivity contribution is 7.92. The smallest absolute Gasteiger partial charge is 0.248 e. The molecular weight excluding hydrogens is 368 g/mol. The molecule has 0 fully saturated rings. The molecule has 2 aromatic rings. The predicted molar refractivity (Wildman–Crippen MR) is 104 cm³/mol. The first kappa shape index (κ1) is 19.0. The number of nitrogens with zero attached hydrogens (tertiary/aromatic N) is 1. The normalized spacial score (nSPS) is 13.9. The van der Waals surface area contributed by atoms with Crippen molar-refractivity contribution in [2.24, 2.45) is 0 Å². The Morgan fingerprint density at radius 2 is 1.93 bits per heavy atom. The zero-order chi connectivity index (χ0) is 19.6. The van der Waals surface area contributed by atoms with Crippen molar-refractivity contribution in [1.82, 2.24) is 0 Å². The molecule has 0 saturated carbocycles. The second-order valence-electron chi connectivity index (χ2n) is 6.38. The Morgan fingerprint density at radius 3 is 2.59 bits per heavy atom. The molecule has 7 nitrogen and oxygen atoms in total. The average Bonchev–Trinajstić information content (AvgIpc) is 3.06. The summed E-state index contributed by atoms with van der Waals surface area (Å²) in [6.45, 7) is 3.79. The number of aryl methyl sites for hydroxylation is 1. The Hall–Kier alpha value is -2.74. The number of carbonyl (C=O) groups excluding carboxylic acids is 1. The van der Waals surface area contributed by atoms with Gasteiger partial charge in [0.1, 0.15) is 6.04 Å². The van der Waals surface area contributed by atoms with E-state index in [4.69, 9.17) is 9.47 Å². The number of nitrogens with one attached hydrogen (secondary N) is 1. The minimum absolute atomic E-state index is 0.138. The largest absolute Gasteiger partial charge is 0.454 e. The fourth-order valence-electron chi connectivity index (χ4n) is 3.03. The molecular formula is C19H22N2O5S. The fourth-order valence-corrected chi connectivity index (χ4v) is 4.23. The van der Waals surface area contributed by atoms with Crippen LogP contribution in [0, 0.1) is 6.92 Å². The lowest BCUT2D eigenvalue weighted by molar-refractivity contribution is -0.117. The minimum atomic E-state index is -3.67. The van der Waals surface area contributed by atoms with Gasteiger partial charge in [0, 0.05) is 11.8 Å². The van der Waals surface area contributed by atoms with E-state index in [0.29, 0.717) is 29.3 Å². The molecule has 8 heteroatoms. The Bertz CT molecular complexity index is 958. The van der Waals surface area contributed by atoms with Crippen LogP contribution in [-0.2, 0) is 14.8 Å². The number of ether oxygens (including phenoxy) is 2. The third-order valence-corrected chi connectivity index (χ3v) is 5.41. The van der Waals surface area contributed by atoms with Gasteiger partial charge in [0.2, 0.25) is 22.7 Å². The van der Waals surface area contributed by atoms with Crippen LogP contribution in [0.1, 0.15) is 18.9 Å². The first-order chi connectivity index (χ1) is 12.8. The molecule has 1 unspecified atom stereocenters. The van der Waals surface area contributed by atoms with E-state index in [1.165, 1.54) is 4.31 Å². The van der Waals surface area contributed by atoms with Gasteiger partial charge in [0.05, 0.1) is 11.9 Å². The predicted octanol–water partition coefficient (Wildman–Crippen LogP) is 2.91. The van der Waals surface area contributed by atoms with Gasteiger partial charge < -0.3 is 14.8 Å². The van der Waals surface area contributed by atoms with Crippen LogP contribution in [0.4, 0.5) is 11.4 Å². The summed E-state index contributed by atoms with van der Waals surface area (Å²) >= 11 is 0. The Labute approximate surface area is 158 Å². The third-order valence-electron chi connectivity index (χ3n) is 4.23. The zero-order valence-electron chi connectivity index (χ0n) is 15.4. The molecule has 0 aromatic heterocycles. The summed E-state index contributed by atoms with van der Waals surface area (Å²) in [5.41, 5.74) is 1.89. The number of rotatable bonds is 6. The number of fused-ring (bicyclic) bond motifs is 1. The van der Waals surface area contributed by atoms with Gasteiger partial charge in [-0.15, -0.1) is 0 Å². The van der Waals surface area contributed by atoms with Gasteiger partial charge >= 0.3 is 0 Å². The number of amides is 1.